The second-order valence-electron chi connectivity index (χ2n) is 9.47. The van der Waals surface area contributed by atoms with Crippen LogP contribution in [0.15, 0.2) is 0 Å². The molecule has 0 aromatic carbocycles. The molecule has 6 saturated carbocycles. The Hall–Kier alpha value is 0. The Labute approximate surface area is 125 Å². The molecule has 0 radical (unpaired) electrons. The van der Waals surface area contributed by atoms with Gasteiger partial charge in [0.25, 0.3) is 0 Å². The zero-order chi connectivity index (χ0) is 13.2. The summed E-state index contributed by atoms with van der Waals surface area (Å²) in [5, 5.41) is 0. The summed E-state index contributed by atoms with van der Waals surface area (Å²) in [6, 6.07) is 0. The molecule has 0 aliphatic heterocycles. The smallest absolute Gasteiger partial charge is 0.0266 e. The first-order valence-electron chi connectivity index (χ1n) is 9.82. The highest BCUT2D eigenvalue weighted by molar-refractivity contribution is 5.01. The van der Waals surface area contributed by atoms with Crippen molar-refractivity contribution in [2.45, 2.75) is 83.5 Å². The summed E-state index contributed by atoms with van der Waals surface area (Å²) in [4.78, 5) is 0. The fourth-order valence-corrected chi connectivity index (χ4v) is 7.95. The molecule has 0 N–H and O–H groups in total. The predicted octanol–water partition coefficient (Wildman–Crippen LogP) is 5.81. The lowest BCUT2D eigenvalue weighted by atomic mass is 9.70. The van der Waals surface area contributed by atoms with Gasteiger partial charge in [-0.3, -0.25) is 0 Å². The number of fused-ring (bicyclic) bond motifs is 2. The Balaban J connectivity index is 0.0000000978. The van der Waals surface area contributed by atoms with Crippen LogP contribution in [-0.4, -0.2) is 0 Å². The molecular weight excluding hydrogens is 240 g/mol. The zero-order valence-electron chi connectivity index (χ0n) is 13.2. The lowest BCUT2D eigenvalue weighted by molar-refractivity contribution is 0.148. The van der Waals surface area contributed by atoms with Crippen LogP contribution in [0.4, 0.5) is 0 Å². The molecule has 6 rings (SSSR count). The minimum Gasteiger partial charge on any atom is -0.0525 e. The van der Waals surface area contributed by atoms with Crippen LogP contribution in [0, 0.1) is 40.9 Å². The summed E-state index contributed by atoms with van der Waals surface area (Å²) in [6.07, 6.45) is 20.7. The van der Waals surface area contributed by atoms with Crippen molar-refractivity contribution >= 4 is 0 Å². The van der Waals surface area contributed by atoms with E-state index in [1.807, 2.05) is 0 Å². The highest BCUT2D eigenvalue weighted by Crippen LogP contribution is 2.62. The topological polar surface area (TPSA) is 0 Å². The minimum atomic E-state index is 0.906. The molecule has 112 valence electrons. The Morgan fingerprint density at radius 2 is 1.50 bits per heavy atom. The molecule has 6 fully saturated rings. The van der Waals surface area contributed by atoms with Crippen molar-refractivity contribution in [2.24, 2.45) is 40.9 Å². The maximum atomic E-state index is 1.62. The Bertz CT molecular complexity index is 367. The van der Waals surface area contributed by atoms with E-state index < -0.39 is 0 Å². The zero-order valence-corrected chi connectivity index (χ0v) is 13.2. The van der Waals surface area contributed by atoms with Gasteiger partial charge >= 0.3 is 0 Å². The van der Waals surface area contributed by atoms with Crippen molar-refractivity contribution in [3.63, 3.8) is 0 Å². The summed E-state index contributed by atoms with van der Waals surface area (Å²) < 4.78 is 0. The molecule has 0 aromatic heterocycles. The standard InChI is InChI=1S/C11H18.C9H14/c1-2-10-4-3-9-5-7-11(10,6-1)8-9;1-2-8-4-6-3-7(1)9(8)5-6/h9-10H,1-8H2;6-9H,1-5H2. The second-order valence-corrected chi connectivity index (χ2v) is 9.47. The van der Waals surface area contributed by atoms with Crippen molar-refractivity contribution < 1.29 is 0 Å². The maximum absolute atomic E-state index is 1.62. The lowest BCUT2D eigenvalue weighted by Crippen LogP contribution is -2.25. The third kappa shape index (κ3) is 1.78. The molecule has 0 heterocycles. The second kappa shape index (κ2) is 4.50. The van der Waals surface area contributed by atoms with E-state index in [2.05, 4.69) is 0 Å². The Kier molecular flexibility index (Phi) is 2.82. The van der Waals surface area contributed by atoms with Gasteiger partial charge in [0, 0.05) is 0 Å². The monoisotopic (exact) mass is 272 g/mol. The average Bonchev–Trinajstić information content (AvgIpc) is 3.21. The molecule has 1 spiro atoms. The van der Waals surface area contributed by atoms with Gasteiger partial charge in [-0.1, -0.05) is 12.8 Å². The van der Waals surface area contributed by atoms with E-state index in [0.717, 1.165) is 11.3 Å². The third-order valence-electron chi connectivity index (χ3n) is 8.76. The number of rotatable bonds is 0. The molecule has 0 nitrogen and oxygen atoms in total. The Morgan fingerprint density at radius 1 is 0.650 bits per heavy atom. The van der Waals surface area contributed by atoms with Gasteiger partial charge in [-0.05, 0) is 112 Å². The van der Waals surface area contributed by atoms with Crippen LogP contribution in [0.5, 0.6) is 0 Å². The van der Waals surface area contributed by atoms with Gasteiger partial charge in [0.1, 0.15) is 0 Å². The first kappa shape index (κ1) is 12.5. The van der Waals surface area contributed by atoms with Gasteiger partial charge in [0.05, 0.1) is 0 Å². The molecule has 4 bridgehead atoms. The minimum absolute atomic E-state index is 0.906. The molecule has 0 amide bonds. The van der Waals surface area contributed by atoms with E-state index in [4.69, 9.17) is 0 Å². The van der Waals surface area contributed by atoms with E-state index in [1.54, 1.807) is 83.5 Å². The van der Waals surface area contributed by atoms with Crippen molar-refractivity contribution in [3.8, 4) is 0 Å². The Morgan fingerprint density at radius 3 is 2.25 bits per heavy atom. The van der Waals surface area contributed by atoms with Crippen LogP contribution in [0.3, 0.4) is 0 Å². The molecule has 5 atom stereocenters. The quantitative estimate of drug-likeness (QED) is 0.522. The van der Waals surface area contributed by atoms with Crippen LogP contribution in [0.1, 0.15) is 83.5 Å². The van der Waals surface area contributed by atoms with Gasteiger partial charge in [-0.25, -0.2) is 0 Å². The van der Waals surface area contributed by atoms with Crippen LogP contribution < -0.4 is 0 Å². The number of hydrogen-bond donors (Lipinski definition) is 0. The van der Waals surface area contributed by atoms with Crippen LogP contribution in [0.2, 0.25) is 0 Å². The van der Waals surface area contributed by atoms with Crippen LogP contribution in [-0.2, 0) is 0 Å². The lowest BCUT2D eigenvalue weighted by Gasteiger charge is -2.35. The molecule has 0 heteroatoms. The largest absolute Gasteiger partial charge is 0.0525 e. The average molecular weight is 272 g/mol. The molecule has 20 heavy (non-hydrogen) atoms. The van der Waals surface area contributed by atoms with Crippen molar-refractivity contribution in [1.29, 1.82) is 0 Å². The van der Waals surface area contributed by atoms with Crippen molar-refractivity contribution in [1.82, 2.24) is 0 Å². The van der Waals surface area contributed by atoms with E-state index in [-0.39, 0.29) is 0 Å². The maximum Gasteiger partial charge on any atom is -0.0266 e. The predicted molar refractivity (Wildman–Crippen MR) is 83.4 cm³/mol. The van der Waals surface area contributed by atoms with Gasteiger partial charge in [0.2, 0.25) is 0 Å². The molecule has 6 aliphatic carbocycles. The van der Waals surface area contributed by atoms with Gasteiger partial charge in [0.15, 0.2) is 0 Å². The van der Waals surface area contributed by atoms with E-state index in [1.165, 1.54) is 29.6 Å². The fraction of sp³-hybridized carbons (Fsp3) is 1.00. The van der Waals surface area contributed by atoms with Crippen LogP contribution >= 0.6 is 0 Å². The van der Waals surface area contributed by atoms with Crippen molar-refractivity contribution in [3.05, 3.63) is 0 Å². The van der Waals surface area contributed by atoms with Gasteiger partial charge in [-0.2, -0.15) is 0 Å². The van der Waals surface area contributed by atoms with Gasteiger partial charge in [-0.15, -0.1) is 0 Å². The molecular formula is C20H32. The van der Waals surface area contributed by atoms with Gasteiger partial charge < -0.3 is 0 Å². The summed E-state index contributed by atoms with van der Waals surface area (Å²) in [7, 11) is 0. The summed E-state index contributed by atoms with van der Waals surface area (Å²) in [6.45, 7) is 0. The molecule has 0 saturated heterocycles. The highest BCUT2D eigenvalue weighted by atomic mass is 14.6. The summed E-state index contributed by atoms with van der Waals surface area (Å²) in [5.41, 5.74) is 0.906. The SMILES string of the molecule is C1CC2CC3CC1C2C3.C1CC2CCC3CCC2(C1)C3. The molecule has 6 aliphatic rings. The summed E-state index contributed by atoms with van der Waals surface area (Å²) in [5.74, 6) is 7.13. The summed E-state index contributed by atoms with van der Waals surface area (Å²) >= 11 is 0. The molecule has 0 aromatic rings. The first-order valence-corrected chi connectivity index (χ1v) is 9.82. The van der Waals surface area contributed by atoms with E-state index >= 15 is 0 Å². The van der Waals surface area contributed by atoms with Crippen molar-refractivity contribution in [2.75, 3.05) is 0 Å². The molecule has 5 unspecified atom stereocenters. The van der Waals surface area contributed by atoms with E-state index in [9.17, 15) is 0 Å². The fourth-order valence-electron chi connectivity index (χ4n) is 7.95. The third-order valence-corrected chi connectivity index (χ3v) is 8.76. The van der Waals surface area contributed by atoms with E-state index in [0.29, 0.717) is 0 Å². The normalized spacial score (nSPS) is 57.6. The number of hydrogen-bond acceptors (Lipinski definition) is 0. The van der Waals surface area contributed by atoms with Crippen LogP contribution in [0.25, 0.3) is 0 Å². The highest BCUT2D eigenvalue weighted by Gasteiger charge is 2.50. The first-order chi connectivity index (χ1) is 9.82.